The fourth-order valence-electron chi connectivity index (χ4n) is 2.38. The fraction of sp³-hybridized carbons (Fsp3) is 0.0556. The van der Waals surface area contributed by atoms with Crippen LogP contribution in [0.5, 0.6) is 11.5 Å². The van der Waals surface area contributed by atoms with Crippen molar-refractivity contribution in [3.8, 4) is 11.5 Å². The largest absolute Gasteiger partial charge is 0.454 e. The van der Waals surface area contributed by atoms with Crippen molar-refractivity contribution in [1.82, 2.24) is 9.97 Å². The second-order valence-corrected chi connectivity index (χ2v) is 7.23. The van der Waals surface area contributed by atoms with Gasteiger partial charge in [-0.2, -0.15) is 0 Å². The Morgan fingerprint density at radius 1 is 1.00 bits per heavy atom. The predicted octanol–water partition coefficient (Wildman–Crippen LogP) is 2.76. The van der Waals surface area contributed by atoms with Crippen LogP contribution in [0.2, 0.25) is 0 Å². The smallest absolute Gasteiger partial charge is 0.264 e. The summed E-state index contributed by atoms with van der Waals surface area (Å²) in [5.74, 6) is 1.40. The third kappa shape index (κ3) is 3.87. The summed E-state index contributed by atoms with van der Waals surface area (Å²) in [5, 5.41) is 0. The van der Waals surface area contributed by atoms with Gasteiger partial charge in [-0.1, -0.05) is 0 Å². The Morgan fingerprint density at radius 3 is 2.52 bits per heavy atom. The summed E-state index contributed by atoms with van der Waals surface area (Å²) in [6, 6.07) is 13.3. The molecule has 1 aliphatic heterocycles. The minimum absolute atomic E-state index is 0.0161. The second kappa shape index (κ2) is 7.04. The van der Waals surface area contributed by atoms with E-state index in [-0.39, 0.29) is 17.6 Å². The Bertz CT molecular complexity index is 1080. The Morgan fingerprint density at radius 2 is 1.74 bits per heavy atom. The number of nitrogens with one attached hydrogen (secondary N) is 1. The van der Waals surface area contributed by atoms with E-state index >= 15 is 0 Å². The van der Waals surface area contributed by atoms with Gasteiger partial charge >= 0.3 is 0 Å². The predicted molar refractivity (Wildman–Crippen MR) is 99.1 cm³/mol. The summed E-state index contributed by atoms with van der Waals surface area (Å²) >= 11 is 0. The molecule has 9 heteroatoms. The highest BCUT2D eigenvalue weighted by molar-refractivity contribution is 7.92. The molecule has 8 nitrogen and oxygen atoms in total. The number of aliphatic imine (C=N–C) groups is 1. The van der Waals surface area contributed by atoms with Crippen molar-refractivity contribution < 1.29 is 17.9 Å². The first-order valence-electron chi connectivity index (χ1n) is 7.94. The van der Waals surface area contributed by atoms with Crippen molar-refractivity contribution in [2.24, 2.45) is 4.99 Å². The van der Waals surface area contributed by atoms with E-state index in [9.17, 15) is 8.42 Å². The lowest BCUT2D eigenvalue weighted by atomic mass is 10.2. The molecule has 3 aromatic rings. The van der Waals surface area contributed by atoms with Gasteiger partial charge in [-0.15, -0.1) is 0 Å². The van der Waals surface area contributed by atoms with E-state index in [4.69, 9.17) is 9.47 Å². The molecule has 2 aromatic carbocycles. The lowest BCUT2D eigenvalue weighted by Crippen LogP contribution is -2.14. The number of fused-ring (bicyclic) bond motifs is 1. The molecule has 0 bridgehead atoms. The first kappa shape index (κ1) is 17.0. The Kier molecular flexibility index (Phi) is 4.43. The maximum atomic E-state index is 12.3. The third-order valence-electron chi connectivity index (χ3n) is 3.70. The number of ether oxygens (including phenoxy) is 2. The van der Waals surface area contributed by atoms with Gasteiger partial charge in [-0.3, -0.25) is 4.99 Å². The van der Waals surface area contributed by atoms with E-state index in [0.29, 0.717) is 17.2 Å². The summed E-state index contributed by atoms with van der Waals surface area (Å²) in [5.41, 5.74) is 1.46. The number of rotatable bonds is 5. The number of anilines is 1. The van der Waals surface area contributed by atoms with Crippen LogP contribution in [-0.4, -0.2) is 31.4 Å². The maximum absolute atomic E-state index is 12.3. The zero-order valence-electron chi connectivity index (χ0n) is 13.9. The van der Waals surface area contributed by atoms with Crippen LogP contribution in [0.25, 0.3) is 0 Å². The summed E-state index contributed by atoms with van der Waals surface area (Å²) in [6.07, 6.45) is 4.58. The zero-order valence-corrected chi connectivity index (χ0v) is 14.8. The summed E-state index contributed by atoms with van der Waals surface area (Å²) < 4.78 is 37.6. The molecule has 2 heterocycles. The molecule has 0 saturated heterocycles. The average molecular weight is 382 g/mol. The molecule has 0 unspecified atom stereocenters. The van der Waals surface area contributed by atoms with Crippen LogP contribution < -0.4 is 14.2 Å². The molecule has 27 heavy (non-hydrogen) atoms. The lowest BCUT2D eigenvalue weighted by molar-refractivity contribution is 0.174. The van der Waals surface area contributed by atoms with Gasteiger partial charge in [-0.05, 0) is 54.1 Å². The first-order valence-corrected chi connectivity index (χ1v) is 9.42. The Balaban J connectivity index is 1.48. The van der Waals surface area contributed by atoms with Gasteiger partial charge in [0.25, 0.3) is 10.0 Å². The second-order valence-electron chi connectivity index (χ2n) is 5.54. The summed E-state index contributed by atoms with van der Waals surface area (Å²) in [6.45, 7) is 0.216. The van der Waals surface area contributed by atoms with Crippen molar-refractivity contribution in [2.75, 3.05) is 11.5 Å². The van der Waals surface area contributed by atoms with Gasteiger partial charge in [0.05, 0.1) is 10.6 Å². The number of hydrogen-bond donors (Lipinski definition) is 1. The van der Waals surface area contributed by atoms with Crippen LogP contribution in [0.4, 0.5) is 11.6 Å². The van der Waals surface area contributed by atoms with Gasteiger partial charge in [0.1, 0.15) is 0 Å². The molecule has 136 valence electrons. The van der Waals surface area contributed by atoms with Gasteiger partial charge in [-0.25, -0.2) is 23.1 Å². The highest BCUT2D eigenvalue weighted by atomic mass is 32.2. The number of aromatic nitrogens is 2. The van der Waals surface area contributed by atoms with Crippen molar-refractivity contribution in [1.29, 1.82) is 0 Å². The van der Waals surface area contributed by atoms with Gasteiger partial charge < -0.3 is 9.47 Å². The van der Waals surface area contributed by atoms with E-state index in [1.165, 1.54) is 24.5 Å². The van der Waals surface area contributed by atoms with Crippen LogP contribution in [-0.2, 0) is 10.0 Å². The fourth-order valence-corrected chi connectivity index (χ4v) is 3.34. The molecule has 0 spiro atoms. The van der Waals surface area contributed by atoms with Crippen LogP contribution >= 0.6 is 0 Å². The van der Waals surface area contributed by atoms with Crippen molar-refractivity contribution in [3.63, 3.8) is 0 Å². The topological polar surface area (TPSA) is 103 Å². The molecule has 1 aliphatic rings. The molecule has 1 aromatic heterocycles. The highest BCUT2D eigenvalue weighted by Gasteiger charge is 2.15. The van der Waals surface area contributed by atoms with E-state index in [2.05, 4.69) is 19.7 Å². The van der Waals surface area contributed by atoms with Gasteiger partial charge in [0.15, 0.2) is 11.5 Å². The van der Waals surface area contributed by atoms with Gasteiger partial charge in [0.2, 0.25) is 12.7 Å². The number of hydrogen-bond acceptors (Lipinski definition) is 7. The average Bonchev–Trinajstić information content (AvgIpc) is 3.15. The van der Waals surface area contributed by atoms with Gasteiger partial charge in [0, 0.05) is 18.6 Å². The summed E-state index contributed by atoms with van der Waals surface area (Å²) in [7, 11) is -3.76. The molecule has 4 rings (SSSR count). The first-order chi connectivity index (χ1) is 13.1. The quantitative estimate of drug-likeness (QED) is 0.681. The minimum Gasteiger partial charge on any atom is -0.454 e. The molecule has 0 radical (unpaired) electrons. The minimum atomic E-state index is -3.76. The monoisotopic (exact) mass is 382 g/mol. The van der Waals surface area contributed by atoms with Crippen LogP contribution in [0.1, 0.15) is 5.56 Å². The third-order valence-corrected chi connectivity index (χ3v) is 5.04. The number of benzene rings is 2. The SMILES string of the molecule is O=S(=O)(Nc1ncccn1)c1ccc(N=Cc2ccc3c(c2)OCO3)cc1. The van der Waals surface area contributed by atoms with Crippen molar-refractivity contribution in [3.05, 3.63) is 66.5 Å². The zero-order chi connectivity index (χ0) is 18.7. The van der Waals surface area contributed by atoms with Crippen LogP contribution in [0, 0.1) is 0 Å². The normalized spacial score (nSPS) is 13.0. The molecule has 0 amide bonds. The van der Waals surface area contributed by atoms with Crippen LogP contribution in [0.3, 0.4) is 0 Å². The van der Waals surface area contributed by atoms with Crippen molar-refractivity contribution in [2.45, 2.75) is 4.90 Å². The highest BCUT2D eigenvalue weighted by Crippen LogP contribution is 2.32. The molecular formula is C18H14N4O4S. The number of nitrogens with zero attached hydrogens (tertiary/aromatic N) is 3. The standard InChI is InChI=1S/C18H14N4O4S/c23-27(24,22-18-19-8-1-9-20-18)15-5-3-14(4-6-15)21-11-13-2-7-16-17(10-13)26-12-25-16/h1-11H,12H2,(H,19,20,22). The molecule has 0 fully saturated rings. The molecule has 0 aliphatic carbocycles. The maximum Gasteiger partial charge on any atom is 0.264 e. The van der Waals surface area contributed by atoms with Crippen molar-refractivity contribution >= 4 is 27.9 Å². The molecule has 0 atom stereocenters. The summed E-state index contributed by atoms with van der Waals surface area (Å²) in [4.78, 5) is 12.1. The van der Waals surface area contributed by atoms with E-state index in [0.717, 1.165) is 5.56 Å². The number of sulfonamides is 1. The Labute approximate surface area is 155 Å². The van der Waals surface area contributed by atoms with Crippen LogP contribution in [0.15, 0.2) is 70.8 Å². The van der Waals surface area contributed by atoms with E-state index in [1.807, 2.05) is 18.2 Å². The van der Waals surface area contributed by atoms with E-state index < -0.39 is 10.0 Å². The van der Waals surface area contributed by atoms with E-state index in [1.54, 1.807) is 24.4 Å². The molecule has 1 N–H and O–H groups in total. The Hall–Kier alpha value is -3.46. The molecular weight excluding hydrogens is 368 g/mol. The molecule has 0 saturated carbocycles. The lowest BCUT2D eigenvalue weighted by Gasteiger charge is -2.06.